The van der Waals surface area contributed by atoms with Crippen LogP contribution < -0.4 is 10.9 Å². The maximum atomic E-state index is 12.0. The Morgan fingerprint density at radius 2 is 2.18 bits per heavy atom. The van der Waals surface area contributed by atoms with Gasteiger partial charge in [-0.2, -0.15) is 4.52 Å². The van der Waals surface area contributed by atoms with Crippen LogP contribution in [0.4, 0.5) is 5.13 Å². The van der Waals surface area contributed by atoms with Crippen molar-refractivity contribution in [3.05, 3.63) is 22.1 Å². The first-order valence-electron chi connectivity index (χ1n) is 7.29. The Morgan fingerprint density at radius 3 is 2.82 bits per heavy atom. The number of aryl methyl sites for hydroxylation is 1. The van der Waals surface area contributed by atoms with Gasteiger partial charge in [0.1, 0.15) is 0 Å². The summed E-state index contributed by atoms with van der Waals surface area (Å²) in [7, 11) is 0. The number of hydrogen-bond acceptors (Lipinski definition) is 7. The highest BCUT2D eigenvalue weighted by molar-refractivity contribution is 7.20. The molecule has 2 aromatic rings. The van der Waals surface area contributed by atoms with Crippen LogP contribution in [0.1, 0.15) is 33.4 Å². The monoisotopic (exact) mass is 324 g/mol. The quantitative estimate of drug-likeness (QED) is 0.814. The Kier molecular flexibility index (Phi) is 5.12. The van der Waals surface area contributed by atoms with Gasteiger partial charge in [-0.15, -0.1) is 5.10 Å². The number of aromatic nitrogens is 3. The smallest absolute Gasteiger partial charge is 0.310 e. The molecule has 0 unspecified atom stereocenters. The number of carbonyl (C=O) groups excluding carboxylic acids is 1. The lowest BCUT2D eigenvalue weighted by molar-refractivity contribution is -0.147. The minimum atomic E-state index is -0.317. The summed E-state index contributed by atoms with van der Waals surface area (Å²) < 4.78 is 6.28. The summed E-state index contributed by atoms with van der Waals surface area (Å²) in [4.78, 5) is 28.6. The van der Waals surface area contributed by atoms with Crippen LogP contribution >= 0.6 is 11.3 Å². The van der Waals surface area contributed by atoms with Gasteiger partial charge in [-0.3, -0.25) is 9.59 Å². The van der Waals surface area contributed by atoms with E-state index in [1.54, 1.807) is 13.8 Å². The number of rotatable bonds is 6. The number of hydrogen-bond donors (Lipinski definition) is 1. The lowest BCUT2D eigenvalue weighted by Crippen LogP contribution is -2.31. The number of esters is 1. The highest BCUT2D eigenvalue weighted by Crippen LogP contribution is 2.19. The van der Waals surface area contributed by atoms with Crippen LogP contribution in [0.3, 0.4) is 0 Å². The molecule has 8 heteroatoms. The Labute approximate surface area is 132 Å². The zero-order valence-electron chi connectivity index (χ0n) is 13.1. The van der Waals surface area contributed by atoms with Crippen molar-refractivity contribution in [1.29, 1.82) is 0 Å². The van der Waals surface area contributed by atoms with Gasteiger partial charge in [-0.1, -0.05) is 18.3 Å². The standard InChI is InChI=1S/C14H20N4O3S/c1-5-10-7-11(19)18-14(16-10)22-13(17-18)15-9(4)8(3)12(20)21-6-2/h7-9H,5-6H2,1-4H3,(H,15,17)/t8-,9+/m0/s1. The fraction of sp³-hybridized carbons (Fsp3) is 0.571. The molecule has 1 N–H and O–H groups in total. The molecule has 2 aromatic heterocycles. The van der Waals surface area contributed by atoms with Crippen LogP contribution in [0.25, 0.3) is 4.96 Å². The van der Waals surface area contributed by atoms with E-state index in [2.05, 4.69) is 15.4 Å². The summed E-state index contributed by atoms with van der Waals surface area (Å²) in [6.07, 6.45) is 0.697. The molecule has 2 atom stereocenters. The van der Waals surface area contributed by atoms with Crippen LogP contribution in [-0.2, 0) is 16.0 Å². The van der Waals surface area contributed by atoms with Gasteiger partial charge in [0.25, 0.3) is 5.56 Å². The van der Waals surface area contributed by atoms with Gasteiger partial charge in [0, 0.05) is 17.8 Å². The summed E-state index contributed by atoms with van der Waals surface area (Å²) in [5.74, 6) is -0.574. The van der Waals surface area contributed by atoms with E-state index in [1.807, 2.05) is 13.8 Å². The van der Waals surface area contributed by atoms with E-state index >= 15 is 0 Å². The molecule has 0 aliphatic heterocycles. The number of carbonyl (C=O) groups is 1. The van der Waals surface area contributed by atoms with Crippen molar-refractivity contribution in [2.75, 3.05) is 11.9 Å². The Hall–Kier alpha value is -1.96. The van der Waals surface area contributed by atoms with Crippen molar-refractivity contribution in [2.45, 2.75) is 40.2 Å². The highest BCUT2D eigenvalue weighted by atomic mass is 32.1. The zero-order valence-corrected chi connectivity index (χ0v) is 13.9. The molecule has 0 aliphatic carbocycles. The molecule has 0 radical (unpaired) electrons. The van der Waals surface area contributed by atoms with Gasteiger partial charge in [0.05, 0.1) is 12.5 Å². The molecule has 7 nitrogen and oxygen atoms in total. The predicted octanol–water partition coefficient (Wildman–Crippen LogP) is 1.71. The maximum Gasteiger partial charge on any atom is 0.310 e. The molecule has 0 amide bonds. The van der Waals surface area contributed by atoms with Gasteiger partial charge in [0.15, 0.2) is 0 Å². The molecule has 0 saturated carbocycles. The van der Waals surface area contributed by atoms with Crippen molar-refractivity contribution in [3.63, 3.8) is 0 Å². The third-order valence-electron chi connectivity index (χ3n) is 3.42. The molecule has 0 aromatic carbocycles. The summed E-state index contributed by atoms with van der Waals surface area (Å²) in [6, 6.07) is 1.32. The third-order valence-corrected chi connectivity index (χ3v) is 4.26. The lowest BCUT2D eigenvalue weighted by Gasteiger charge is -2.18. The Morgan fingerprint density at radius 1 is 1.45 bits per heavy atom. The van der Waals surface area contributed by atoms with E-state index < -0.39 is 0 Å². The molecule has 0 fully saturated rings. The molecule has 0 saturated heterocycles. The fourth-order valence-electron chi connectivity index (χ4n) is 1.89. The van der Waals surface area contributed by atoms with E-state index in [1.165, 1.54) is 21.9 Å². The average Bonchev–Trinajstić information content (AvgIpc) is 2.89. The van der Waals surface area contributed by atoms with Gasteiger partial charge in [-0.05, 0) is 27.2 Å². The third kappa shape index (κ3) is 3.44. The number of ether oxygens (including phenoxy) is 1. The molecule has 120 valence electrons. The van der Waals surface area contributed by atoms with E-state index in [0.717, 1.165) is 5.69 Å². The van der Waals surface area contributed by atoms with Gasteiger partial charge >= 0.3 is 5.97 Å². The minimum Gasteiger partial charge on any atom is -0.466 e. The molecule has 0 aliphatic rings. The second-order valence-electron chi connectivity index (χ2n) is 5.01. The van der Waals surface area contributed by atoms with E-state index in [-0.39, 0.29) is 23.5 Å². The van der Waals surface area contributed by atoms with Crippen molar-refractivity contribution in [3.8, 4) is 0 Å². The normalized spacial score (nSPS) is 13.8. The largest absolute Gasteiger partial charge is 0.466 e. The van der Waals surface area contributed by atoms with Crippen molar-refractivity contribution < 1.29 is 9.53 Å². The fourth-order valence-corrected chi connectivity index (χ4v) is 2.81. The van der Waals surface area contributed by atoms with Gasteiger partial charge in [-0.25, -0.2) is 4.98 Å². The average molecular weight is 324 g/mol. The summed E-state index contributed by atoms with van der Waals surface area (Å²) in [5, 5.41) is 7.91. The second-order valence-corrected chi connectivity index (χ2v) is 5.97. The summed E-state index contributed by atoms with van der Waals surface area (Å²) in [5.41, 5.74) is 0.547. The van der Waals surface area contributed by atoms with Crippen LogP contribution in [-0.4, -0.2) is 33.2 Å². The highest BCUT2D eigenvalue weighted by Gasteiger charge is 2.22. The zero-order chi connectivity index (χ0) is 16.3. The van der Waals surface area contributed by atoms with Crippen molar-refractivity contribution in [2.24, 2.45) is 5.92 Å². The minimum absolute atomic E-state index is 0.166. The molecule has 2 rings (SSSR count). The number of nitrogens with zero attached hydrogens (tertiary/aromatic N) is 3. The van der Waals surface area contributed by atoms with Crippen LogP contribution in [0.2, 0.25) is 0 Å². The molecular weight excluding hydrogens is 304 g/mol. The number of anilines is 1. The first-order chi connectivity index (χ1) is 10.5. The predicted molar refractivity (Wildman–Crippen MR) is 85.4 cm³/mol. The SMILES string of the molecule is CCOC(=O)[C@@H](C)[C@@H](C)Nc1nn2c(=O)cc(CC)nc2s1. The Balaban J connectivity index is 2.20. The van der Waals surface area contributed by atoms with Crippen LogP contribution in [0.5, 0.6) is 0 Å². The van der Waals surface area contributed by atoms with E-state index in [0.29, 0.717) is 23.1 Å². The first-order valence-corrected chi connectivity index (χ1v) is 8.10. The summed E-state index contributed by atoms with van der Waals surface area (Å²) in [6.45, 7) is 7.75. The first kappa shape index (κ1) is 16.4. The van der Waals surface area contributed by atoms with Crippen LogP contribution in [0.15, 0.2) is 10.9 Å². The number of nitrogens with one attached hydrogen (secondary N) is 1. The van der Waals surface area contributed by atoms with E-state index in [9.17, 15) is 9.59 Å². The Bertz CT molecular complexity index is 724. The van der Waals surface area contributed by atoms with Gasteiger partial charge < -0.3 is 10.1 Å². The van der Waals surface area contributed by atoms with Crippen molar-refractivity contribution in [1.82, 2.24) is 14.6 Å². The van der Waals surface area contributed by atoms with Crippen LogP contribution in [0, 0.1) is 5.92 Å². The topological polar surface area (TPSA) is 85.6 Å². The molecular formula is C14H20N4O3S. The van der Waals surface area contributed by atoms with Crippen molar-refractivity contribution >= 4 is 27.4 Å². The lowest BCUT2D eigenvalue weighted by atomic mass is 10.0. The van der Waals surface area contributed by atoms with E-state index in [4.69, 9.17) is 4.74 Å². The molecule has 0 spiro atoms. The molecule has 0 bridgehead atoms. The maximum absolute atomic E-state index is 12.0. The van der Waals surface area contributed by atoms with Gasteiger partial charge in [0.2, 0.25) is 10.1 Å². The number of fused-ring (bicyclic) bond motifs is 1. The molecule has 2 heterocycles. The molecule has 22 heavy (non-hydrogen) atoms. The summed E-state index contributed by atoms with van der Waals surface area (Å²) >= 11 is 1.29. The second kappa shape index (κ2) is 6.87.